The average molecular weight is 289 g/mol. The van der Waals surface area contributed by atoms with Gasteiger partial charge >= 0.3 is 0 Å². The van der Waals surface area contributed by atoms with E-state index in [0.29, 0.717) is 11.1 Å². The topological polar surface area (TPSA) is 0 Å². The first-order valence-electron chi connectivity index (χ1n) is 4.68. The number of alkyl halides is 3. The lowest BCUT2D eigenvalue weighted by molar-refractivity contribution is 0.183. The summed E-state index contributed by atoms with van der Waals surface area (Å²) in [6, 6.07) is 8.72. The Morgan fingerprint density at radius 3 is 2.38 bits per heavy atom. The summed E-state index contributed by atoms with van der Waals surface area (Å²) in [5, 5.41) is 0. The molecule has 0 aromatic heterocycles. The molecule has 0 saturated carbocycles. The molecule has 4 heteroatoms. The maximum absolute atomic E-state index is 13.4. The Balaban J connectivity index is 2.41. The Kier molecular flexibility index (Phi) is 2.93. The third-order valence-corrected chi connectivity index (χ3v) is 3.20. The maximum atomic E-state index is 13.4. The van der Waals surface area contributed by atoms with E-state index in [-0.39, 0.29) is 0 Å². The first kappa shape index (κ1) is 11.5. The smallest absolute Gasteiger partial charge is 0.238 e. The van der Waals surface area contributed by atoms with Gasteiger partial charge in [-0.3, -0.25) is 0 Å². The quantitative estimate of drug-likeness (QED) is 0.675. The standard InChI is InChI=1S/C12H8BrF3/c13-12(16)10(14)6-9(7-11(12)15)8-4-2-1-3-5-8/h1-7,10H. The summed E-state index contributed by atoms with van der Waals surface area (Å²) >= 11 is 2.39. The molecule has 2 atom stereocenters. The summed E-state index contributed by atoms with van der Waals surface area (Å²) < 4.78 is 37.3. The minimum atomic E-state index is -2.73. The highest BCUT2D eigenvalue weighted by Gasteiger charge is 2.43. The summed E-state index contributed by atoms with van der Waals surface area (Å²) in [5.74, 6) is -1.15. The van der Waals surface area contributed by atoms with E-state index in [1.165, 1.54) is 0 Å². The van der Waals surface area contributed by atoms with E-state index in [1.807, 2.05) is 0 Å². The molecule has 0 amide bonds. The minimum absolute atomic E-state index is 0.346. The van der Waals surface area contributed by atoms with Crippen molar-refractivity contribution < 1.29 is 13.2 Å². The van der Waals surface area contributed by atoms with Gasteiger partial charge in [-0.15, -0.1) is 0 Å². The summed E-state index contributed by atoms with van der Waals surface area (Å²) in [7, 11) is 0. The fourth-order valence-corrected chi connectivity index (χ4v) is 1.73. The van der Waals surface area contributed by atoms with E-state index in [0.717, 1.165) is 12.2 Å². The van der Waals surface area contributed by atoms with Crippen molar-refractivity contribution in [2.45, 2.75) is 10.7 Å². The largest absolute Gasteiger partial charge is 0.250 e. The minimum Gasteiger partial charge on any atom is -0.238 e. The molecule has 1 aliphatic carbocycles. The molecule has 1 aromatic rings. The summed E-state index contributed by atoms with van der Waals surface area (Å²) in [6.07, 6.45) is 0.0283. The van der Waals surface area contributed by atoms with Gasteiger partial charge in [-0.25, -0.2) is 13.2 Å². The number of halogens is 4. The second-order valence-electron chi connectivity index (χ2n) is 3.51. The normalized spacial score (nSPS) is 29.6. The van der Waals surface area contributed by atoms with Crippen LogP contribution in [0.4, 0.5) is 13.2 Å². The van der Waals surface area contributed by atoms with Gasteiger partial charge in [0.2, 0.25) is 4.58 Å². The van der Waals surface area contributed by atoms with E-state index in [2.05, 4.69) is 15.9 Å². The van der Waals surface area contributed by atoms with Crippen LogP contribution in [0.3, 0.4) is 0 Å². The van der Waals surface area contributed by atoms with Gasteiger partial charge in [0.15, 0.2) is 12.0 Å². The van der Waals surface area contributed by atoms with Crippen LogP contribution in [-0.2, 0) is 0 Å². The molecule has 0 nitrogen and oxygen atoms in total. The highest BCUT2D eigenvalue weighted by molar-refractivity contribution is 9.10. The molecule has 0 N–H and O–H groups in total. The molecule has 2 unspecified atom stereocenters. The van der Waals surface area contributed by atoms with E-state index < -0.39 is 16.6 Å². The Labute approximate surface area is 99.6 Å². The van der Waals surface area contributed by atoms with Gasteiger partial charge in [0.25, 0.3) is 0 Å². The molecule has 0 radical (unpaired) electrons. The lowest BCUT2D eigenvalue weighted by atomic mass is 9.97. The highest BCUT2D eigenvalue weighted by atomic mass is 79.9. The molecule has 84 valence electrons. The summed E-state index contributed by atoms with van der Waals surface area (Å²) in [6.45, 7) is 0. The van der Waals surface area contributed by atoms with Gasteiger partial charge in [0.1, 0.15) is 0 Å². The average Bonchev–Trinajstić information content (AvgIpc) is 2.27. The number of benzene rings is 1. The highest BCUT2D eigenvalue weighted by Crippen LogP contribution is 2.42. The molecular formula is C12H8BrF3. The Bertz CT molecular complexity index is 449. The van der Waals surface area contributed by atoms with Crippen LogP contribution in [-0.4, -0.2) is 10.7 Å². The van der Waals surface area contributed by atoms with Crippen LogP contribution < -0.4 is 0 Å². The maximum Gasteiger partial charge on any atom is 0.250 e. The van der Waals surface area contributed by atoms with E-state index in [4.69, 9.17) is 0 Å². The third-order valence-electron chi connectivity index (χ3n) is 2.38. The molecule has 0 fully saturated rings. The van der Waals surface area contributed by atoms with E-state index >= 15 is 0 Å². The predicted molar refractivity (Wildman–Crippen MR) is 61.3 cm³/mol. The van der Waals surface area contributed by atoms with Gasteiger partial charge in [-0.2, -0.15) is 0 Å². The predicted octanol–water partition coefficient (Wildman–Crippen LogP) is 4.34. The molecule has 0 spiro atoms. The van der Waals surface area contributed by atoms with Crippen molar-refractivity contribution in [1.29, 1.82) is 0 Å². The van der Waals surface area contributed by atoms with Crippen molar-refractivity contribution in [2.24, 2.45) is 0 Å². The van der Waals surface area contributed by atoms with Crippen molar-refractivity contribution in [2.75, 3.05) is 0 Å². The zero-order valence-corrected chi connectivity index (χ0v) is 9.72. The van der Waals surface area contributed by atoms with E-state index in [1.54, 1.807) is 30.3 Å². The molecular weight excluding hydrogens is 281 g/mol. The lowest BCUT2D eigenvalue weighted by Crippen LogP contribution is -2.29. The molecule has 0 aliphatic heterocycles. The second-order valence-corrected chi connectivity index (χ2v) is 4.66. The third kappa shape index (κ3) is 1.94. The number of hydrogen-bond donors (Lipinski definition) is 0. The second kappa shape index (κ2) is 4.09. The zero-order chi connectivity index (χ0) is 11.8. The lowest BCUT2D eigenvalue weighted by Gasteiger charge is -2.23. The van der Waals surface area contributed by atoms with Crippen LogP contribution in [0, 0.1) is 0 Å². The molecule has 0 heterocycles. The Hall–Kier alpha value is -1.03. The fraction of sp³-hybridized carbons (Fsp3) is 0.167. The molecule has 16 heavy (non-hydrogen) atoms. The molecule has 1 aliphatic rings. The fourth-order valence-electron chi connectivity index (χ4n) is 1.49. The zero-order valence-electron chi connectivity index (χ0n) is 8.13. The number of allylic oxidation sites excluding steroid dienone is 4. The molecule has 0 saturated heterocycles. The van der Waals surface area contributed by atoms with Crippen molar-refractivity contribution in [1.82, 2.24) is 0 Å². The Morgan fingerprint density at radius 1 is 1.19 bits per heavy atom. The first-order chi connectivity index (χ1) is 7.51. The first-order valence-corrected chi connectivity index (χ1v) is 5.48. The van der Waals surface area contributed by atoms with Crippen LogP contribution in [0.15, 0.2) is 48.3 Å². The van der Waals surface area contributed by atoms with Crippen molar-refractivity contribution >= 4 is 21.5 Å². The van der Waals surface area contributed by atoms with Crippen LogP contribution in [0.25, 0.3) is 5.57 Å². The molecule has 0 bridgehead atoms. The van der Waals surface area contributed by atoms with Crippen LogP contribution in [0.5, 0.6) is 0 Å². The molecule has 2 rings (SSSR count). The van der Waals surface area contributed by atoms with Crippen molar-refractivity contribution in [3.05, 3.63) is 53.9 Å². The van der Waals surface area contributed by atoms with E-state index in [9.17, 15) is 13.2 Å². The SMILES string of the molecule is FC1=CC(c2ccccc2)=CC(F)C1(F)Br. The number of hydrogen-bond acceptors (Lipinski definition) is 0. The summed E-state index contributed by atoms with van der Waals surface area (Å²) in [4.78, 5) is 0. The van der Waals surface area contributed by atoms with Crippen molar-refractivity contribution in [3.63, 3.8) is 0 Å². The van der Waals surface area contributed by atoms with Gasteiger partial charge in [0.05, 0.1) is 0 Å². The monoisotopic (exact) mass is 288 g/mol. The molecule has 1 aromatic carbocycles. The summed E-state index contributed by atoms with van der Waals surface area (Å²) in [5.41, 5.74) is 1.00. The number of rotatable bonds is 1. The van der Waals surface area contributed by atoms with Crippen LogP contribution in [0.2, 0.25) is 0 Å². The van der Waals surface area contributed by atoms with Gasteiger partial charge in [-0.05, 0) is 39.2 Å². The Morgan fingerprint density at radius 2 is 1.81 bits per heavy atom. The van der Waals surface area contributed by atoms with Gasteiger partial charge in [-0.1, -0.05) is 30.3 Å². The van der Waals surface area contributed by atoms with Crippen LogP contribution >= 0.6 is 15.9 Å². The van der Waals surface area contributed by atoms with Crippen molar-refractivity contribution in [3.8, 4) is 0 Å². The van der Waals surface area contributed by atoms with Gasteiger partial charge in [0, 0.05) is 0 Å². The van der Waals surface area contributed by atoms with Crippen LogP contribution in [0.1, 0.15) is 5.56 Å². The van der Waals surface area contributed by atoms with Gasteiger partial charge < -0.3 is 0 Å².